The number of hydrogen-bond acceptors (Lipinski definition) is 3. The molecular formula is C23H28FN3O2. The van der Waals surface area contributed by atoms with E-state index in [-0.39, 0.29) is 17.6 Å². The number of benzene rings is 2. The maximum absolute atomic E-state index is 13.1. The molecule has 0 aromatic heterocycles. The number of carbonyl (C=O) groups excluding carboxylic acids is 2. The van der Waals surface area contributed by atoms with Gasteiger partial charge in [-0.2, -0.15) is 0 Å². The van der Waals surface area contributed by atoms with Gasteiger partial charge in [0, 0.05) is 56.6 Å². The molecule has 1 aliphatic heterocycles. The van der Waals surface area contributed by atoms with E-state index < -0.39 is 0 Å². The Labute approximate surface area is 171 Å². The van der Waals surface area contributed by atoms with Gasteiger partial charge < -0.3 is 14.7 Å². The van der Waals surface area contributed by atoms with Crippen molar-refractivity contribution in [2.24, 2.45) is 0 Å². The summed E-state index contributed by atoms with van der Waals surface area (Å²) in [6.07, 6.45) is 2.02. The van der Waals surface area contributed by atoms with Crippen LogP contribution in [-0.2, 0) is 0 Å². The van der Waals surface area contributed by atoms with E-state index in [1.807, 2.05) is 4.90 Å². The Bertz CT molecular complexity index is 828. The van der Waals surface area contributed by atoms with Crippen LogP contribution < -0.4 is 4.90 Å². The molecule has 0 unspecified atom stereocenters. The summed E-state index contributed by atoms with van der Waals surface area (Å²) >= 11 is 0. The van der Waals surface area contributed by atoms with Gasteiger partial charge in [-0.1, -0.05) is 13.3 Å². The average Bonchev–Trinajstić information content (AvgIpc) is 2.77. The lowest BCUT2D eigenvalue weighted by atomic mass is 10.1. The normalized spacial score (nSPS) is 14.0. The zero-order valence-corrected chi connectivity index (χ0v) is 17.1. The number of piperazine rings is 1. The van der Waals surface area contributed by atoms with Crippen molar-refractivity contribution in [3.05, 3.63) is 65.5 Å². The second-order valence-electron chi connectivity index (χ2n) is 7.41. The summed E-state index contributed by atoms with van der Waals surface area (Å²) in [6, 6.07) is 13.4. The van der Waals surface area contributed by atoms with Crippen molar-refractivity contribution in [2.75, 3.05) is 44.7 Å². The van der Waals surface area contributed by atoms with E-state index >= 15 is 0 Å². The van der Waals surface area contributed by atoms with E-state index in [1.54, 1.807) is 48.3 Å². The minimum absolute atomic E-state index is 0.0228. The highest BCUT2D eigenvalue weighted by Crippen LogP contribution is 2.18. The van der Waals surface area contributed by atoms with Gasteiger partial charge in [0.05, 0.1) is 0 Å². The fourth-order valence-electron chi connectivity index (χ4n) is 3.47. The number of hydrogen-bond donors (Lipinski definition) is 0. The lowest BCUT2D eigenvalue weighted by molar-refractivity contribution is 0.0744. The smallest absolute Gasteiger partial charge is 0.253 e. The standard InChI is InChI=1S/C23H28FN3O2/c1-3-4-13-25(2)22(28)18-5-7-19(8-6-18)23(29)27-16-14-26(15-17-27)21-11-9-20(24)10-12-21/h5-12H,3-4,13-17H2,1-2H3. The molecule has 2 aromatic carbocycles. The van der Waals surface area contributed by atoms with Crippen molar-refractivity contribution in [3.8, 4) is 0 Å². The Morgan fingerprint density at radius 2 is 1.52 bits per heavy atom. The first kappa shape index (κ1) is 20.8. The molecule has 5 nitrogen and oxygen atoms in total. The molecule has 6 heteroatoms. The molecule has 0 N–H and O–H groups in total. The zero-order valence-electron chi connectivity index (χ0n) is 17.1. The highest BCUT2D eigenvalue weighted by atomic mass is 19.1. The average molecular weight is 397 g/mol. The number of anilines is 1. The van der Waals surface area contributed by atoms with Gasteiger partial charge in [0.15, 0.2) is 0 Å². The third-order valence-corrected chi connectivity index (χ3v) is 5.33. The fourth-order valence-corrected chi connectivity index (χ4v) is 3.47. The molecule has 29 heavy (non-hydrogen) atoms. The molecule has 154 valence electrons. The number of rotatable bonds is 6. The largest absolute Gasteiger partial charge is 0.368 e. The van der Waals surface area contributed by atoms with Crippen LogP contribution in [-0.4, -0.2) is 61.4 Å². The van der Waals surface area contributed by atoms with Crippen LogP contribution in [0.2, 0.25) is 0 Å². The van der Waals surface area contributed by atoms with E-state index in [0.717, 1.165) is 25.1 Å². The molecule has 0 bridgehead atoms. The first-order valence-electron chi connectivity index (χ1n) is 10.1. The summed E-state index contributed by atoms with van der Waals surface area (Å²) in [5, 5.41) is 0. The molecule has 2 amide bonds. The first-order valence-corrected chi connectivity index (χ1v) is 10.1. The van der Waals surface area contributed by atoms with Crippen molar-refractivity contribution in [1.29, 1.82) is 0 Å². The van der Waals surface area contributed by atoms with Crippen LogP contribution in [0.15, 0.2) is 48.5 Å². The second-order valence-corrected chi connectivity index (χ2v) is 7.41. The van der Waals surface area contributed by atoms with E-state index in [4.69, 9.17) is 0 Å². The van der Waals surface area contributed by atoms with Crippen LogP contribution in [0.25, 0.3) is 0 Å². The van der Waals surface area contributed by atoms with Crippen LogP contribution in [0.1, 0.15) is 40.5 Å². The van der Waals surface area contributed by atoms with Gasteiger partial charge in [-0.15, -0.1) is 0 Å². The fraction of sp³-hybridized carbons (Fsp3) is 0.391. The van der Waals surface area contributed by atoms with Crippen LogP contribution in [0.4, 0.5) is 10.1 Å². The second kappa shape index (κ2) is 9.54. The molecular weight excluding hydrogens is 369 g/mol. The summed E-state index contributed by atoms with van der Waals surface area (Å²) in [5.74, 6) is -0.298. The zero-order chi connectivity index (χ0) is 20.8. The third kappa shape index (κ3) is 5.13. The molecule has 0 aliphatic carbocycles. The van der Waals surface area contributed by atoms with Crippen LogP contribution >= 0.6 is 0 Å². The molecule has 2 aromatic rings. The number of unbranched alkanes of at least 4 members (excludes halogenated alkanes) is 1. The molecule has 1 heterocycles. The lowest BCUT2D eigenvalue weighted by Crippen LogP contribution is -2.48. The van der Waals surface area contributed by atoms with Gasteiger partial charge in [0.25, 0.3) is 11.8 Å². The number of amides is 2. The Morgan fingerprint density at radius 1 is 0.931 bits per heavy atom. The van der Waals surface area contributed by atoms with Crippen LogP contribution in [0, 0.1) is 5.82 Å². The number of carbonyl (C=O) groups is 2. The first-order chi connectivity index (χ1) is 14.0. The van der Waals surface area contributed by atoms with E-state index in [9.17, 15) is 14.0 Å². The molecule has 3 rings (SSSR count). The maximum atomic E-state index is 13.1. The monoisotopic (exact) mass is 397 g/mol. The van der Waals surface area contributed by atoms with Gasteiger partial charge >= 0.3 is 0 Å². The number of nitrogens with zero attached hydrogens (tertiary/aromatic N) is 3. The van der Waals surface area contributed by atoms with Crippen LogP contribution in [0.3, 0.4) is 0 Å². The van der Waals surface area contributed by atoms with Crippen molar-refractivity contribution in [1.82, 2.24) is 9.80 Å². The SMILES string of the molecule is CCCCN(C)C(=O)c1ccc(C(=O)N2CCN(c3ccc(F)cc3)CC2)cc1. The van der Waals surface area contributed by atoms with Gasteiger partial charge in [-0.3, -0.25) is 9.59 Å². The lowest BCUT2D eigenvalue weighted by Gasteiger charge is -2.36. The molecule has 1 saturated heterocycles. The molecule has 0 atom stereocenters. The van der Waals surface area contributed by atoms with Crippen molar-refractivity contribution >= 4 is 17.5 Å². The van der Waals surface area contributed by atoms with Gasteiger partial charge in [0.2, 0.25) is 0 Å². The van der Waals surface area contributed by atoms with Gasteiger partial charge in [-0.05, 0) is 55.0 Å². The molecule has 1 aliphatic rings. The molecule has 1 fully saturated rings. The minimum Gasteiger partial charge on any atom is -0.368 e. The van der Waals surface area contributed by atoms with E-state index in [1.165, 1.54) is 12.1 Å². The third-order valence-electron chi connectivity index (χ3n) is 5.33. The van der Waals surface area contributed by atoms with Gasteiger partial charge in [0.1, 0.15) is 5.82 Å². The highest BCUT2D eigenvalue weighted by Gasteiger charge is 2.22. The maximum Gasteiger partial charge on any atom is 0.253 e. The topological polar surface area (TPSA) is 43.9 Å². The van der Waals surface area contributed by atoms with E-state index in [2.05, 4.69) is 11.8 Å². The Balaban J connectivity index is 1.57. The summed E-state index contributed by atoms with van der Waals surface area (Å²) in [4.78, 5) is 30.9. The van der Waals surface area contributed by atoms with Gasteiger partial charge in [-0.25, -0.2) is 4.39 Å². The molecule has 0 spiro atoms. The Kier molecular flexibility index (Phi) is 6.86. The summed E-state index contributed by atoms with van der Waals surface area (Å²) < 4.78 is 13.1. The molecule has 0 radical (unpaired) electrons. The van der Waals surface area contributed by atoms with Crippen LogP contribution in [0.5, 0.6) is 0 Å². The predicted molar refractivity (Wildman–Crippen MR) is 113 cm³/mol. The highest BCUT2D eigenvalue weighted by molar-refractivity contribution is 5.97. The Morgan fingerprint density at radius 3 is 2.10 bits per heavy atom. The summed E-state index contributed by atoms with van der Waals surface area (Å²) in [7, 11) is 1.80. The predicted octanol–water partition coefficient (Wildman–Crippen LogP) is 3.66. The van der Waals surface area contributed by atoms with Crippen molar-refractivity contribution < 1.29 is 14.0 Å². The van der Waals surface area contributed by atoms with E-state index in [0.29, 0.717) is 37.3 Å². The molecule has 0 saturated carbocycles. The summed E-state index contributed by atoms with van der Waals surface area (Å²) in [5.41, 5.74) is 2.16. The quantitative estimate of drug-likeness (QED) is 0.747. The number of halogens is 1. The van der Waals surface area contributed by atoms with Crippen molar-refractivity contribution in [2.45, 2.75) is 19.8 Å². The summed E-state index contributed by atoms with van der Waals surface area (Å²) in [6.45, 7) is 5.45. The Hall–Kier alpha value is -2.89. The minimum atomic E-state index is -0.249. The van der Waals surface area contributed by atoms with Crippen molar-refractivity contribution in [3.63, 3.8) is 0 Å².